The molecular formula is C14H24N2O. The van der Waals surface area contributed by atoms with E-state index in [0.717, 1.165) is 24.3 Å². The zero-order valence-corrected chi connectivity index (χ0v) is 11.4. The van der Waals surface area contributed by atoms with Crippen LogP contribution in [0.5, 0.6) is 0 Å². The van der Waals surface area contributed by atoms with Crippen molar-refractivity contribution in [1.82, 2.24) is 4.98 Å². The monoisotopic (exact) mass is 236 g/mol. The second-order valence-electron chi connectivity index (χ2n) is 4.91. The summed E-state index contributed by atoms with van der Waals surface area (Å²) in [5, 5.41) is 0. The standard InChI is InChI=1S/C14H24N2O/c1-10(2)5-6-17-9-13-8-16-12(4)11(3)14(13)7-15/h8,10H,5-7,9,15H2,1-4H3. The first-order valence-electron chi connectivity index (χ1n) is 6.28. The Morgan fingerprint density at radius 3 is 2.65 bits per heavy atom. The topological polar surface area (TPSA) is 48.1 Å². The lowest BCUT2D eigenvalue weighted by Crippen LogP contribution is -2.09. The van der Waals surface area contributed by atoms with E-state index in [0.29, 0.717) is 19.1 Å². The Morgan fingerprint density at radius 2 is 2.06 bits per heavy atom. The summed E-state index contributed by atoms with van der Waals surface area (Å²) >= 11 is 0. The number of hydrogen-bond acceptors (Lipinski definition) is 3. The van der Waals surface area contributed by atoms with Crippen LogP contribution >= 0.6 is 0 Å². The lowest BCUT2D eigenvalue weighted by atomic mass is 10.0. The molecule has 0 saturated heterocycles. The zero-order chi connectivity index (χ0) is 12.8. The third-order valence-corrected chi connectivity index (χ3v) is 3.10. The van der Waals surface area contributed by atoms with Gasteiger partial charge in [0.2, 0.25) is 0 Å². The van der Waals surface area contributed by atoms with E-state index in [1.807, 2.05) is 13.1 Å². The van der Waals surface area contributed by atoms with Crippen LogP contribution in [0, 0.1) is 19.8 Å². The molecular weight excluding hydrogens is 212 g/mol. The van der Waals surface area contributed by atoms with E-state index in [4.69, 9.17) is 10.5 Å². The predicted octanol–water partition coefficient (Wildman–Crippen LogP) is 2.72. The summed E-state index contributed by atoms with van der Waals surface area (Å²) < 4.78 is 5.67. The van der Waals surface area contributed by atoms with Crippen LogP contribution < -0.4 is 5.73 Å². The molecule has 1 heterocycles. The molecule has 3 heteroatoms. The van der Waals surface area contributed by atoms with E-state index in [1.54, 1.807) is 0 Å². The lowest BCUT2D eigenvalue weighted by Gasteiger charge is -2.13. The van der Waals surface area contributed by atoms with Gasteiger partial charge in [-0.05, 0) is 37.3 Å². The van der Waals surface area contributed by atoms with Crippen LogP contribution in [0.4, 0.5) is 0 Å². The first kappa shape index (κ1) is 14.1. The predicted molar refractivity (Wildman–Crippen MR) is 70.7 cm³/mol. The van der Waals surface area contributed by atoms with E-state index in [1.165, 1.54) is 11.1 Å². The summed E-state index contributed by atoms with van der Waals surface area (Å²) in [6, 6.07) is 0. The number of ether oxygens (including phenoxy) is 1. The Bertz CT molecular complexity index is 361. The molecule has 0 aliphatic rings. The maximum atomic E-state index is 5.79. The molecule has 1 rings (SSSR count). The number of aryl methyl sites for hydroxylation is 1. The summed E-state index contributed by atoms with van der Waals surface area (Å²) in [6.07, 6.45) is 2.98. The minimum absolute atomic E-state index is 0.554. The minimum Gasteiger partial charge on any atom is -0.377 e. The maximum absolute atomic E-state index is 5.79. The van der Waals surface area contributed by atoms with Gasteiger partial charge in [-0.2, -0.15) is 0 Å². The molecule has 2 N–H and O–H groups in total. The van der Waals surface area contributed by atoms with Crippen LogP contribution in [0.3, 0.4) is 0 Å². The van der Waals surface area contributed by atoms with Gasteiger partial charge in [-0.25, -0.2) is 0 Å². The maximum Gasteiger partial charge on any atom is 0.0735 e. The van der Waals surface area contributed by atoms with Gasteiger partial charge >= 0.3 is 0 Å². The molecule has 0 amide bonds. The summed E-state index contributed by atoms with van der Waals surface area (Å²) in [5.41, 5.74) is 10.3. The molecule has 1 aromatic heterocycles. The summed E-state index contributed by atoms with van der Waals surface area (Å²) in [6.45, 7) is 10.5. The van der Waals surface area contributed by atoms with Gasteiger partial charge in [0, 0.05) is 30.6 Å². The van der Waals surface area contributed by atoms with E-state index in [9.17, 15) is 0 Å². The van der Waals surface area contributed by atoms with Gasteiger partial charge in [0.15, 0.2) is 0 Å². The molecule has 0 unspecified atom stereocenters. The molecule has 96 valence electrons. The van der Waals surface area contributed by atoms with Crippen molar-refractivity contribution in [3.63, 3.8) is 0 Å². The Balaban J connectivity index is 2.62. The highest BCUT2D eigenvalue weighted by molar-refractivity contribution is 5.34. The highest BCUT2D eigenvalue weighted by Crippen LogP contribution is 2.16. The fourth-order valence-electron chi connectivity index (χ4n) is 1.72. The van der Waals surface area contributed by atoms with Crippen LogP contribution in [-0.4, -0.2) is 11.6 Å². The molecule has 0 bridgehead atoms. The van der Waals surface area contributed by atoms with E-state index in [-0.39, 0.29) is 0 Å². The quantitative estimate of drug-likeness (QED) is 0.773. The van der Waals surface area contributed by atoms with Crippen molar-refractivity contribution in [2.75, 3.05) is 6.61 Å². The van der Waals surface area contributed by atoms with Crippen molar-refractivity contribution in [2.24, 2.45) is 11.7 Å². The average Bonchev–Trinajstić information content (AvgIpc) is 2.29. The van der Waals surface area contributed by atoms with Crippen molar-refractivity contribution >= 4 is 0 Å². The Morgan fingerprint density at radius 1 is 1.35 bits per heavy atom. The molecule has 0 saturated carbocycles. The average molecular weight is 236 g/mol. The number of aromatic nitrogens is 1. The van der Waals surface area contributed by atoms with Crippen molar-refractivity contribution in [3.8, 4) is 0 Å². The first-order chi connectivity index (χ1) is 8.06. The Kier molecular flexibility index (Phi) is 5.59. The van der Waals surface area contributed by atoms with E-state index >= 15 is 0 Å². The molecule has 0 atom stereocenters. The molecule has 0 fully saturated rings. The van der Waals surface area contributed by atoms with Crippen LogP contribution in [-0.2, 0) is 17.9 Å². The molecule has 1 aromatic rings. The summed E-state index contributed by atoms with van der Waals surface area (Å²) in [5.74, 6) is 0.682. The molecule has 0 spiro atoms. The molecule has 0 radical (unpaired) electrons. The molecule has 0 aliphatic carbocycles. The minimum atomic E-state index is 0.554. The van der Waals surface area contributed by atoms with Crippen LogP contribution in [0.15, 0.2) is 6.20 Å². The Hall–Kier alpha value is -0.930. The number of pyridine rings is 1. The zero-order valence-electron chi connectivity index (χ0n) is 11.4. The number of nitrogens with two attached hydrogens (primary N) is 1. The third-order valence-electron chi connectivity index (χ3n) is 3.10. The van der Waals surface area contributed by atoms with Crippen LogP contribution in [0.1, 0.15) is 42.7 Å². The van der Waals surface area contributed by atoms with Gasteiger partial charge in [-0.1, -0.05) is 13.8 Å². The van der Waals surface area contributed by atoms with Crippen molar-refractivity contribution in [1.29, 1.82) is 0 Å². The van der Waals surface area contributed by atoms with Gasteiger partial charge in [-0.3, -0.25) is 4.98 Å². The molecule has 3 nitrogen and oxygen atoms in total. The number of rotatable bonds is 6. The first-order valence-corrected chi connectivity index (χ1v) is 6.28. The van der Waals surface area contributed by atoms with Gasteiger partial charge in [-0.15, -0.1) is 0 Å². The largest absolute Gasteiger partial charge is 0.377 e. The van der Waals surface area contributed by atoms with Crippen molar-refractivity contribution < 1.29 is 4.74 Å². The summed E-state index contributed by atoms with van der Waals surface area (Å²) in [7, 11) is 0. The molecule has 0 aliphatic heterocycles. The van der Waals surface area contributed by atoms with Crippen LogP contribution in [0.25, 0.3) is 0 Å². The normalized spacial score (nSPS) is 11.2. The SMILES string of the molecule is Cc1ncc(COCCC(C)C)c(CN)c1C. The van der Waals surface area contributed by atoms with Crippen molar-refractivity contribution in [2.45, 2.75) is 47.3 Å². The second-order valence-corrected chi connectivity index (χ2v) is 4.91. The highest BCUT2D eigenvalue weighted by atomic mass is 16.5. The third kappa shape index (κ3) is 4.10. The van der Waals surface area contributed by atoms with Crippen LogP contribution in [0.2, 0.25) is 0 Å². The fourth-order valence-corrected chi connectivity index (χ4v) is 1.72. The van der Waals surface area contributed by atoms with Gasteiger partial charge in [0.05, 0.1) is 6.61 Å². The molecule has 0 aromatic carbocycles. The summed E-state index contributed by atoms with van der Waals surface area (Å²) in [4.78, 5) is 4.37. The number of hydrogen-bond donors (Lipinski definition) is 1. The van der Waals surface area contributed by atoms with Gasteiger partial charge < -0.3 is 10.5 Å². The smallest absolute Gasteiger partial charge is 0.0735 e. The van der Waals surface area contributed by atoms with Gasteiger partial charge in [0.1, 0.15) is 0 Å². The van der Waals surface area contributed by atoms with Gasteiger partial charge in [0.25, 0.3) is 0 Å². The highest BCUT2D eigenvalue weighted by Gasteiger charge is 2.07. The lowest BCUT2D eigenvalue weighted by molar-refractivity contribution is 0.110. The Labute approximate surface area is 104 Å². The van der Waals surface area contributed by atoms with E-state index < -0.39 is 0 Å². The van der Waals surface area contributed by atoms with E-state index in [2.05, 4.69) is 25.8 Å². The number of nitrogens with zero attached hydrogens (tertiary/aromatic N) is 1. The fraction of sp³-hybridized carbons (Fsp3) is 0.643. The molecule has 17 heavy (non-hydrogen) atoms. The second kappa shape index (κ2) is 6.72. The van der Waals surface area contributed by atoms with Crippen molar-refractivity contribution in [3.05, 3.63) is 28.6 Å².